The lowest BCUT2D eigenvalue weighted by atomic mass is 10.1. The summed E-state index contributed by atoms with van der Waals surface area (Å²) in [6.07, 6.45) is 2.13. The maximum absolute atomic E-state index is 12.6. The van der Waals surface area contributed by atoms with Crippen molar-refractivity contribution in [1.82, 2.24) is 5.01 Å². The van der Waals surface area contributed by atoms with E-state index in [1.54, 1.807) is 18.2 Å². The monoisotopic (exact) mass is 446 g/mol. The maximum Gasteiger partial charge on any atom is 0.283 e. The van der Waals surface area contributed by atoms with Crippen molar-refractivity contribution in [1.29, 1.82) is 5.41 Å². The molecule has 1 N–H and O–H groups in total. The number of nitrogens with one attached hydrogen (secondary N) is 1. The maximum atomic E-state index is 12.6. The highest BCUT2D eigenvalue weighted by Gasteiger charge is 2.35. The number of rotatable bonds is 4. The zero-order valence-corrected chi connectivity index (χ0v) is 17.7. The third-order valence-corrected chi connectivity index (χ3v) is 5.99. The summed E-state index contributed by atoms with van der Waals surface area (Å²) in [4.78, 5) is 16.7. The van der Waals surface area contributed by atoms with Crippen LogP contribution >= 0.6 is 23.4 Å². The molecule has 0 spiro atoms. The molecular weight excluding hydrogens is 432 g/mol. The fourth-order valence-electron chi connectivity index (χ4n) is 3.25. The Labute approximate surface area is 187 Å². The first-order valence-corrected chi connectivity index (χ1v) is 10.7. The molecule has 6 nitrogen and oxygen atoms in total. The average molecular weight is 447 g/mol. The molecular formula is C23H15ClN4O2S. The van der Waals surface area contributed by atoms with Crippen LogP contribution in [0.4, 0.5) is 0 Å². The lowest BCUT2D eigenvalue weighted by molar-refractivity contribution is -0.114. The van der Waals surface area contributed by atoms with Crippen molar-refractivity contribution in [3.8, 4) is 11.3 Å². The second-order valence-corrected chi connectivity index (χ2v) is 8.31. The molecule has 8 heteroatoms. The van der Waals surface area contributed by atoms with Gasteiger partial charge < -0.3 is 4.42 Å². The highest BCUT2D eigenvalue weighted by molar-refractivity contribution is 8.26. The molecule has 3 heterocycles. The lowest BCUT2D eigenvalue weighted by Gasteiger charge is -2.19. The quantitative estimate of drug-likeness (QED) is 0.539. The van der Waals surface area contributed by atoms with E-state index in [0.717, 1.165) is 16.2 Å². The summed E-state index contributed by atoms with van der Waals surface area (Å²) in [6.45, 7) is 0. The lowest BCUT2D eigenvalue weighted by Crippen LogP contribution is -2.35. The van der Waals surface area contributed by atoms with Crippen LogP contribution in [0.15, 0.2) is 86.8 Å². The summed E-state index contributed by atoms with van der Waals surface area (Å²) in [7, 11) is 0. The molecule has 0 atom stereocenters. The number of thioether (sulfide) groups is 1. The Morgan fingerprint density at radius 1 is 1.06 bits per heavy atom. The average Bonchev–Trinajstić information content (AvgIpc) is 3.39. The SMILES string of the molecule is N=C1C(=Cc2ccc(-c3ccccc3Cl)o2)C(=O)N=C2SC(Cc3ccccc3)=NN12. The molecule has 0 saturated heterocycles. The number of amidine groups is 2. The first-order chi connectivity index (χ1) is 15.1. The molecule has 0 bridgehead atoms. The van der Waals surface area contributed by atoms with E-state index in [1.807, 2.05) is 48.5 Å². The van der Waals surface area contributed by atoms with Gasteiger partial charge in [-0.05, 0) is 47.7 Å². The van der Waals surface area contributed by atoms with Crippen LogP contribution in [0.3, 0.4) is 0 Å². The van der Waals surface area contributed by atoms with E-state index in [1.165, 1.54) is 22.8 Å². The number of furan rings is 1. The molecule has 0 saturated carbocycles. The first kappa shape index (κ1) is 19.5. The number of benzene rings is 2. The number of nitrogens with zero attached hydrogens (tertiary/aromatic N) is 3. The number of hydrazone groups is 1. The van der Waals surface area contributed by atoms with Crippen molar-refractivity contribution in [2.45, 2.75) is 6.42 Å². The number of amides is 1. The number of carbonyl (C=O) groups is 1. The molecule has 1 amide bonds. The van der Waals surface area contributed by atoms with E-state index in [9.17, 15) is 4.79 Å². The van der Waals surface area contributed by atoms with Crippen LogP contribution in [-0.2, 0) is 11.2 Å². The third kappa shape index (κ3) is 3.85. The van der Waals surface area contributed by atoms with Crippen molar-refractivity contribution in [2.24, 2.45) is 10.1 Å². The van der Waals surface area contributed by atoms with Gasteiger partial charge in [-0.3, -0.25) is 10.2 Å². The number of fused-ring (bicyclic) bond motifs is 1. The molecule has 0 radical (unpaired) electrons. The largest absolute Gasteiger partial charge is 0.457 e. The van der Waals surface area contributed by atoms with Crippen molar-refractivity contribution in [2.75, 3.05) is 0 Å². The first-order valence-electron chi connectivity index (χ1n) is 9.46. The van der Waals surface area contributed by atoms with Gasteiger partial charge in [0.05, 0.1) is 10.6 Å². The molecule has 31 heavy (non-hydrogen) atoms. The van der Waals surface area contributed by atoms with Crippen LogP contribution in [0.1, 0.15) is 11.3 Å². The van der Waals surface area contributed by atoms with Crippen LogP contribution in [0.25, 0.3) is 17.4 Å². The molecule has 1 aromatic heterocycles. The Hall–Kier alpha value is -3.42. The van der Waals surface area contributed by atoms with E-state index in [4.69, 9.17) is 21.4 Å². The van der Waals surface area contributed by atoms with E-state index < -0.39 is 5.91 Å². The van der Waals surface area contributed by atoms with Crippen molar-refractivity contribution < 1.29 is 9.21 Å². The molecule has 5 rings (SSSR count). The smallest absolute Gasteiger partial charge is 0.283 e. The Kier molecular flexibility index (Phi) is 5.05. The zero-order chi connectivity index (χ0) is 21.4. The van der Waals surface area contributed by atoms with E-state index >= 15 is 0 Å². The predicted octanol–water partition coefficient (Wildman–Crippen LogP) is 5.46. The minimum Gasteiger partial charge on any atom is -0.457 e. The second-order valence-electron chi connectivity index (χ2n) is 6.86. The van der Waals surface area contributed by atoms with Gasteiger partial charge in [0, 0.05) is 12.0 Å². The van der Waals surface area contributed by atoms with Gasteiger partial charge in [0.2, 0.25) is 5.17 Å². The van der Waals surface area contributed by atoms with Crippen LogP contribution in [0, 0.1) is 5.41 Å². The molecule has 2 aliphatic rings. The molecule has 2 aromatic carbocycles. The van der Waals surface area contributed by atoms with Crippen LogP contribution < -0.4 is 0 Å². The minimum atomic E-state index is -0.490. The molecule has 152 valence electrons. The number of halogens is 1. The van der Waals surface area contributed by atoms with Gasteiger partial charge in [-0.1, -0.05) is 54.1 Å². The Bertz CT molecular complexity index is 1290. The third-order valence-electron chi connectivity index (χ3n) is 4.75. The van der Waals surface area contributed by atoms with Gasteiger partial charge in [-0.25, -0.2) is 0 Å². The van der Waals surface area contributed by atoms with E-state index in [2.05, 4.69) is 10.1 Å². The fourth-order valence-corrected chi connectivity index (χ4v) is 4.40. The molecule has 3 aromatic rings. The minimum absolute atomic E-state index is 0.0266. The summed E-state index contributed by atoms with van der Waals surface area (Å²) in [5.74, 6) is 0.496. The number of hydrogen-bond acceptors (Lipinski definition) is 5. The van der Waals surface area contributed by atoms with Crippen molar-refractivity contribution in [3.63, 3.8) is 0 Å². The highest BCUT2D eigenvalue weighted by atomic mass is 35.5. The van der Waals surface area contributed by atoms with Crippen LogP contribution in [-0.4, -0.2) is 27.0 Å². The summed E-state index contributed by atoms with van der Waals surface area (Å²) in [5, 5.41) is 16.1. The summed E-state index contributed by atoms with van der Waals surface area (Å²) in [6, 6.07) is 20.8. The highest BCUT2D eigenvalue weighted by Crippen LogP contribution is 2.32. The molecule has 0 aliphatic carbocycles. The summed E-state index contributed by atoms with van der Waals surface area (Å²) >= 11 is 7.54. The second kappa shape index (κ2) is 8.02. The standard InChI is InChI=1S/C23H15ClN4O2S/c24-18-9-5-4-8-16(18)19-11-10-15(30-19)13-17-21(25)28-23(26-22(17)29)31-20(27-28)12-14-6-2-1-3-7-14/h1-11,13,25H,12H2. The fraction of sp³-hybridized carbons (Fsp3) is 0.0435. The summed E-state index contributed by atoms with van der Waals surface area (Å²) in [5.41, 5.74) is 1.98. The normalized spacial score (nSPS) is 17.1. The van der Waals surface area contributed by atoms with Crippen LogP contribution in [0.2, 0.25) is 5.02 Å². The number of aliphatic imine (C=N–C) groups is 1. The Morgan fingerprint density at radius 2 is 1.84 bits per heavy atom. The molecule has 0 fully saturated rings. The van der Waals surface area contributed by atoms with Gasteiger partial charge in [0.25, 0.3) is 5.91 Å². The molecule has 0 unspecified atom stereocenters. The van der Waals surface area contributed by atoms with Gasteiger partial charge in [0.1, 0.15) is 16.6 Å². The Morgan fingerprint density at radius 3 is 2.65 bits per heavy atom. The van der Waals surface area contributed by atoms with Crippen molar-refractivity contribution >= 4 is 51.4 Å². The van der Waals surface area contributed by atoms with Crippen LogP contribution in [0.5, 0.6) is 0 Å². The zero-order valence-electron chi connectivity index (χ0n) is 16.1. The summed E-state index contributed by atoms with van der Waals surface area (Å²) < 4.78 is 5.84. The van der Waals surface area contributed by atoms with E-state index in [-0.39, 0.29) is 11.4 Å². The van der Waals surface area contributed by atoms with E-state index in [0.29, 0.717) is 28.1 Å². The van der Waals surface area contributed by atoms with Gasteiger partial charge >= 0.3 is 0 Å². The van der Waals surface area contributed by atoms with Gasteiger partial charge in [0.15, 0.2) is 5.84 Å². The Balaban J connectivity index is 1.41. The number of carbonyl (C=O) groups excluding carboxylic acids is 1. The number of hydrogen-bond donors (Lipinski definition) is 1. The topological polar surface area (TPSA) is 82.0 Å². The molecule has 2 aliphatic heterocycles. The van der Waals surface area contributed by atoms with Gasteiger partial charge in [-0.2, -0.15) is 15.1 Å². The van der Waals surface area contributed by atoms with Crippen molar-refractivity contribution in [3.05, 3.63) is 88.6 Å². The predicted molar refractivity (Wildman–Crippen MR) is 124 cm³/mol. The van der Waals surface area contributed by atoms with Gasteiger partial charge in [-0.15, -0.1) is 0 Å².